The fraction of sp³-hybridized carbons (Fsp3) is 0.188. The SMILES string of the molecule is COc1ccc(C#N)cc1COc1ccc(CO)cc1Cl. The number of aliphatic hydroxyl groups excluding tert-OH is 1. The van der Waals surface area contributed by atoms with Crippen LogP contribution < -0.4 is 9.47 Å². The van der Waals surface area contributed by atoms with E-state index in [1.54, 1.807) is 43.5 Å². The van der Waals surface area contributed by atoms with E-state index in [0.29, 0.717) is 22.1 Å². The molecule has 5 heteroatoms. The zero-order chi connectivity index (χ0) is 15.2. The van der Waals surface area contributed by atoms with E-state index in [4.69, 9.17) is 31.4 Å². The molecule has 108 valence electrons. The molecule has 0 heterocycles. The molecule has 0 atom stereocenters. The summed E-state index contributed by atoms with van der Waals surface area (Å²) in [5.41, 5.74) is 2.02. The molecular weight excluding hydrogens is 290 g/mol. The minimum Gasteiger partial charge on any atom is -0.496 e. The maximum absolute atomic E-state index is 9.04. The monoisotopic (exact) mass is 303 g/mol. The molecule has 21 heavy (non-hydrogen) atoms. The topological polar surface area (TPSA) is 62.5 Å². The average molecular weight is 304 g/mol. The Morgan fingerprint density at radius 1 is 1.19 bits per heavy atom. The van der Waals surface area contributed by atoms with Crippen LogP contribution in [0.5, 0.6) is 11.5 Å². The van der Waals surface area contributed by atoms with Crippen LogP contribution in [0.15, 0.2) is 36.4 Å². The third-order valence-corrected chi connectivity index (χ3v) is 3.27. The Morgan fingerprint density at radius 2 is 1.95 bits per heavy atom. The standard InChI is InChI=1S/C16H14ClNO3/c1-20-15-4-2-11(8-18)6-13(15)10-21-16-5-3-12(9-19)7-14(16)17/h2-7,19H,9-10H2,1H3. The molecule has 0 amide bonds. The molecule has 4 nitrogen and oxygen atoms in total. The molecule has 0 bridgehead atoms. The Bertz CT molecular complexity index is 680. The fourth-order valence-electron chi connectivity index (χ4n) is 1.88. The lowest BCUT2D eigenvalue weighted by Crippen LogP contribution is -2.00. The number of nitriles is 1. The van der Waals surface area contributed by atoms with Gasteiger partial charge in [0.25, 0.3) is 0 Å². The highest BCUT2D eigenvalue weighted by molar-refractivity contribution is 6.32. The molecule has 1 N–H and O–H groups in total. The normalized spacial score (nSPS) is 10.0. The molecule has 0 aliphatic carbocycles. The second-order valence-corrected chi connectivity index (χ2v) is 4.76. The van der Waals surface area contributed by atoms with Crippen molar-refractivity contribution in [1.82, 2.24) is 0 Å². The van der Waals surface area contributed by atoms with Gasteiger partial charge in [-0.25, -0.2) is 0 Å². The van der Waals surface area contributed by atoms with E-state index < -0.39 is 0 Å². The largest absolute Gasteiger partial charge is 0.496 e. The first-order chi connectivity index (χ1) is 10.2. The lowest BCUT2D eigenvalue weighted by molar-refractivity contribution is 0.280. The lowest BCUT2D eigenvalue weighted by atomic mass is 10.1. The Kier molecular flexibility index (Phi) is 5.04. The Labute approximate surface area is 128 Å². The number of rotatable bonds is 5. The van der Waals surface area contributed by atoms with Crippen LogP contribution in [0.3, 0.4) is 0 Å². The first kappa shape index (κ1) is 15.2. The zero-order valence-corrected chi connectivity index (χ0v) is 12.2. The number of methoxy groups -OCH3 is 1. The van der Waals surface area contributed by atoms with E-state index in [9.17, 15) is 0 Å². The van der Waals surface area contributed by atoms with Crippen molar-refractivity contribution in [2.24, 2.45) is 0 Å². The van der Waals surface area contributed by atoms with Crippen molar-refractivity contribution in [1.29, 1.82) is 5.26 Å². The second-order valence-electron chi connectivity index (χ2n) is 4.35. The maximum Gasteiger partial charge on any atom is 0.138 e. The number of halogens is 1. The molecule has 0 radical (unpaired) electrons. The quantitative estimate of drug-likeness (QED) is 0.920. The van der Waals surface area contributed by atoms with Crippen molar-refractivity contribution >= 4 is 11.6 Å². The number of hydrogen-bond acceptors (Lipinski definition) is 4. The highest BCUT2D eigenvalue weighted by atomic mass is 35.5. The minimum atomic E-state index is -0.0714. The van der Waals surface area contributed by atoms with Crippen LogP contribution in [-0.4, -0.2) is 12.2 Å². The number of nitrogens with zero attached hydrogens (tertiary/aromatic N) is 1. The van der Waals surface area contributed by atoms with Gasteiger partial charge in [-0.3, -0.25) is 0 Å². The van der Waals surface area contributed by atoms with E-state index in [1.165, 1.54) is 0 Å². The van der Waals surface area contributed by atoms with Crippen LogP contribution in [-0.2, 0) is 13.2 Å². The van der Waals surface area contributed by atoms with Gasteiger partial charge in [-0.1, -0.05) is 17.7 Å². The molecule has 2 rings (SSSR count). The van der Waals surface area contributed by atoms with Crippen molar-refractivity contribution in [3.05, 3.63) is 58.1 Å². The van der Waals surface area contributed by atoms with Crippen LogP contribution >= 0.6 is 11.6 Å². The van der Waals surface area contributed by atoms with Gasteiger partial charge < -0.3 is 14.6 Å². The summed E-state index contributed by atoms with van der Waals surface area (Å²) >= 11 is 6.09. The van der Waals surface area contributed by atoms with E-state index in [-0.39, 0.29) is 13.2 Å². The molecule has 0 aromatic heterocycles. The van der Waals surface area contributed by atoms with Gasteiger partial charge in [0.05, 0.1) is 30.4 Å². The second kappa shape index (κ2) is 6.98. The summed E-state index contributed by atoms with van der Waals surface area (Å²) in [6.45, 7) is 0.162. The summed E-state index contributed by atoms with van der Waals surface area (Å²) in [5, 5.41) is 18.4. The minimum absolute atomic E-state index is 0.0714. The summed E-state index contributed by atoms with van der Waals surface area (Å²) in [6.07, 6.45) is 0. The van der Waals surface area contributed by atoms with Crippen molar-refractivity contribution < 1.29 is 14.6 Å². The third-order valence-electron chi connectivity index (χ3n) is 2.97. The lowest BCUT2D eigenvalue weighted by Gasteiger charge is -2.12. The number of benzene rings is 2. The molecule has 0 saturated carbocycles. The number of aliphatic hydroxyl groups is 1. The van der Waals surface area contributed by atoms with Gasteiger partial charge in [0, 0.05) is 5.56 Å². The van der Waals surface area contributed by atoms with Gasteiger partial charge in [0.2, 0.25) is 0 Å². The number of hydrogen-bond donors (Lipinski definition) is 1. The van der Waals surface area contributed by atoms with Crippen LogP contribution in [0.25, 0.3) is 0 Å². The first-order valence-corrected chi connectivity index (χ1v) is 6.65. The highest BCUT2D eigenvalue weighted by Gasteiger charge is 2.08. The van der Waals surface area contributed by atoms with E-state index in [1.807, 2.05) is 0 Å². The summed E-state index contributed by atoms with van der Waals surface area (Å²) in [7, 11) is 1.56. The van der Waals surface area contributed by atoms with E-state index in [0.717, 1.165) is 11.1 Å². The average Bonchev–Trinajstić information content (AvgIpc) is 2.53. The Morgan fingerprint density at radius 3 is 2.57 bits per heavy atom. The number of ether oxygens (including phenoxy) is 2. The summed E-state index contributed by atoms with van der Waals surface area (Å²) < 4.78 is 10.9. The maximum atomic E-state index is 9.04. The van der Waals surface area contributed by atoms with Crippen molar-refractivity contribution in [2.45, 2.75) is 13.2 Å². The molecule has 0 aliphatic heterocycles. The first-order valence-electron chi connectivity index (χ1n) is 6.27. The zero-order valence-electron chi connectivity index (χ0n) is 11.5. The molecule has 0 unspecified atom stereocenters. The van der Waals surface area contributed by atoms with Gasteiger partial charge in [0.15, 0.2) is 0 Å². The molecule has 0 spiro atoms. The predicted molar refractivity (Wildman–Crippen MR) is 79.4 cm³/mol. The molecular formula is C16H14ClNO3. The fourth-order valence-corrected chi connectivity index (χ4v) is 2.13. The Balaban J connectivity index is 2.18. The van der Waals surface area contributed by atoms with Crippen LogP contribution in [0.1, 0.15) is 16.7 Å². The van der Waals surface area contributed by atoms with Crippen LogP contribution in [0.2, 0.25) is 5.02 Å². The summed E-state index contributed by atoms with van der Waals surface area (Å²) in [4.78, 5) is 0. The molecule has 0 fully saturated rings. The molecule has 0 saturated heterocycles. The molecule has 2 aromatic rings. The van der Waals surface area contributed by atoms with Gasteiger partial charge in [-0.15, -0.1) is 0 Å². The van der Waals surface area contributed by atoms with Gasteiger partial charge in [-0.2, -0.15) is 5.26 Å². The smallest absolute Gasteiger partial charge is 0.138 e. The van der Waals surface area contributed by atoms with E-state index in [2.05, 4.69) is 6.07 Å². The summed E-state index contributed by atoms with van der Waals surface area (Å²) in [5.74, 6) is 1.16. The van der Waals surface area contributed by atoms with Gasteiger partial charge in [-0.05, 0) is 35.9 Å². The van der Waals surface area contributed by atoms with E-state index >= 15 is 0 Å². The van der Waals surface area contributed by atoms with Gasteiger partial charge in [0.1, 0.15) is 18.1 Å². The van der Waals surface area contributed by atoms with Crippen molar-refractivity contribution in [3.63, 3.8) is 0 Å². The van der Waals surface area contributed by atoms with Crippen LogP contribution in [0.4, 0.5) is 0 Å². The van der Waals surface area contributed by atoms with Gasteiger partial charge >= 0.3 is 0 Å². The van der Waals surface area contributed by atoms with Crippen molar-refractivity contribution in [3.8, 4) is 17.6 Å². The molecule has 0 aliphatic rings. The van der Waals surface area contributed by atoms with Crippen molar-refractivity contribution in [2.75, 3.05) is 7.11 Å². The third kappa shape index (κ3) is 3.66. The predicted octanol–water partition coefficient (Wildman–Crippen LogP) is 3.29. The molecule has 2 aromatic carbocycles. The summed E-state index contributed by atoms with van der Waals surface area (Å²) in [6, 6.07) is 12.3. The van der Waals surface area contributed by atoms with Crippen LogP contribution in [0, 0.1) is 11.3 Å². The Hall–Kier alpha value is -2.22. The highest BCUT2D eigenvalue weighted by Crippen LogP contribution is 2.28.